The first-order chi connectivity index (χ1) is 8.63. The molecule has 0 spiro atoms. The Morgan fingerprint density at radius 1 is 1.28 bits per heavy atom. The molecule has 2 rings (SSSR count). The molecule has 6 heteroatoms. The van der Waals surface area contributed by atoms with E-state index in [9.17, 15) is 8.42 Å². The topological polar surface area (TPSA) is 59.1 Å². The molecule has 18 heavy (non-hydrogen) atoms. The second-order valence-corrected chi connectivity index (χ2v) is 7.02. The lowest BCUT2D eigenvalue weighted by Gasteiger charge is -2.02. The van der Waals surface area contributed by atoms with Crippen LogP contribution in [-0.4, -0.2) is 19.9 Å². The number of nitrogens with one attached hydrogen (secondary N) is 1. The van der Waals surface area contributed by atoms with Crippen molar-refractivity contribution < 1.29 is 8.42 Å². The van der Waals surface area contributed by atoms with Gasteiger partial charge in [-0.05, 0) is 18.6 Å². The van der Waals surface area contributed by atoms with Crippen LogP contribution in [-0.2, 0) is 10.0 Å². The van der Waals surface area contributed by atoms with E-state index in [-0.39, 0.29) is 4.34 Å². The third-order valence-corrected chi connectivity index (χ3v) is 5.45. The molecule has 0 atom stereocenters. The van der Waals surface area contributed by atoms with Gasteiger partial charge in [0.05, 0.1) is 10.2 Å². The third kappa shape index (κ3) is 3.07. The number of hydrogen-bond acceptors (Lipinski definition) is 4. The molecule has 1 N–H and O–H groups in total. The maximum atomic E-state index is 12.0. The highest BCUT2D eigenvalue weighted by Gasteiger charge is 2.18. The average molecular weight is 284 g/mol. The zero-order valence-electron chi connectivity index (χ0n) is 10.2. The van der Waals surface area contributed by atoms with Gasteiger partial charge in [-0.15, -0.1) is 11.3 Å². The molecule has 1 heterocycles. The largest absolute Gasteiger partial charge is 0.267 e. The summed E-state index contributed by atoms with van der Waals surface area (Å²) in [5, 5.41) is 0. The Bertz CT molecular complexity index is 587. The van der Waals surface area contributed by atoms with E-state index in [1.807, 2.05) is 24.3 Å². The first-order valence-electron chi connectivity index (χ1n) is 5.99. The molecule has 0 unspecified atom stereocenters. The Balaban J connectivity index is 2.14. The van der Waals surface area contributed by atoms with Gasteiger partial charge in [0, 0.05) is 6.54 Å². The molecule has 0 bridgehead atoms. The highest BCUT2D eigenvalue weighted by molar-refractivity contribution is 7.91. The van der Waals surface area contributed by atoms with Crippen molar-refractivity contribution in [3.63, 3.8) is 0 Å². The molecule has 0 radical (unpaired) electrons. The van der Waals surface area contributed by atoms with Crippen molar-refractivity contribution >= 4 is 31.6 Å². The molecule has 1 aromatic heterocycles. The molecule has 2 aromatic rings. The first-order valence-corrected chi connectivity index (χ1v) is 8.28. The molecule has 0 saturated carbocycles. The monoisotopic (exact) mass is 284 g/mol. The van der Waals surface area contributed by atoms with Gasteiger partial charge in [0.15, 0.2) is 0 Å². The minimum absolute atomic E-state index is 0.153. The predicted octanol–water partition coefficient (Wildman–Crippen LogP) is 2.76. The van der Waals surface area contributed by atoms with Gasteiger partial charge in [-0.3, -0.25) is 0 Å². The number of unbranched alkanes of at least 4 members (excludes halogenated alkanes) is 2. The van der Waals surface area contributed by atoms with Crippen LogP contribution < -0.4 is 4.72 Å². The Hall–Kier alpha value is -0.980. The minimum Gasteiger partial charge on any atom is -0.224 e. The maximum absolute atomic E-state index is 12.0. The summed E-state index contributed by atoms with van der Waals surface area (Å²) >= 11 is 1.21. The van der Waals surface area contributed by atoms with Gasteiger partial charge in [-0.25, -0.2) is 18.1 Å². The second-order valence-electron chi connectivity index (χ2n) is 4.05. The quantitative estimate of drug-likeness (QED) is 0.830. The van der Waals surface area contributed by atoms with Crippen LogP contribution in [0.25, 0.3) is 10.2 Å². The number of benzene rings is 1. The van der Waals surface area contributed by atoms with E-state index < -0.39 is 10.0 Å². The van der Waals surface area contributed by atoms with Crippen LogP contribution >= 0.6 is 11.3 Å². The lowest BCUT2D eigenvalue weighted by molar-refractivity contribution is 0.575. The fourth-order valence-corrected chi connectivity index (χ4v) is 3.95. The van der Waals surface area contributed by atoms with Crippen LogP contribution in [0.1, 0.15) is 26.2 Å². The average Bonchev–Trinajstić information content (AvgIpc) is 2.79. The summed E-state index contributed by atoms with van der Waals surface area (Å²) in [7, 11) is -3.45. The molecular formula is C12H16N2O2S2. The van der Waals surface area contributed by atoms with Crippen molar-refractivity contribution in [3.8, 4) is 0 Å². The van der Waals surface area contributed by atoms with E-state index in [0.29, 0.717) is 6.54 Å². The standard InChI is InChI=1S/C12H16N2O2S2/c1-2-3-6-9-13-18(15,16)12-14-10-7-4-5-8-11(10)17-12/h4-5,7-8,13H,2-3,6,9H2,1H3. The molecule has 0 saturated heterocycles. The number of sulfonamides is 1. The normalized spacial score (nSPS) is 12.1. The minimum atomic E-state index is -3.45. The van der Waals surface area contributed by atoms with Crippen molar-refractivity contribution in [2.45, 2.75) is 30.5 Å². The molecule has 0 aliphatic rings. The van der Waals surface area contributed by atoms with Crippen LogP contribution in [0, 0.1) is 0 Å². The number of rotatable bonds is 6. The van der Waals surface area contributed by atoms with E-state index in [4.69, 9.17) is 0 Å². The van der Waals surface area contributed by atoms with Gasteiger partial charge in [-0.2, -0.15) is 0 Å². The van der Waals surface area contributed by atoms with Gasteiger partial charge >= 0.3 is 0 Å². The molecule has 0 aliphatic carbocycles. The van der Waals surface area contributed by atoms with Crippen LogP contribution in [0.3, 0.4) is 0 Å². The molecule has 4 nitrogen and oxygen atoms in total. The number of para-hydroxylation sites is 1. The Morgan fingerprint density at radius 3 is 2.78 bits per heavy atom. The van der Waals surface area contributed by atoms with Crippen molar-refractivity contribution in [1.82, 2.24) is 9.71 Å². The molecule has 98 valence electrons. The summed E-state index contributed by atoms with van der Waals surface area (Å²) in [5.41, 5.74) is 0.733. The van der Waals surface area contributed by atoms with Crippen LogP contribution in [0.4, 0.5) is 0 Å². The SMILES string of the molecule is CCCCCNS(=O)(=O)c1nc2ccccc2s1. The maximum Gasteiger partial charge on any atom is 0.267 e. The first kappa shape index (κ1) is 13.5. The van der Waals surface area contributed by atoms with Gasteiger partial charge < -0.3 is 0 Å². The molecular weight excluding hydrogens is 268 g/mol. The van der Waals surface area contributed by atoms with E-state index in [0.717, 1.165) is 29.5 Å². The second kappa shape index (κ2) is 5.77. The highest BCUT2D eigenvalue weighted by atomic mass is 32.2. The fourth-order valence-electron chi connectivity index (χ4n) is 1.61. The number of aromatic nitrogens is 1. The van der Waals surface area contributed by atoms with E-state index in [1.54, 1.807) is 0 Å². The Kier molecular flexibility index (Phi) is 4.31. The predicted molar refractivity (Wildman–Crippen MR) is 74.3 cm³/mol. The zero-order valence-corrected chi connectivity index (χ0v) is 11.9. The van der Waals surface area contributed by atoms with Gasteiger partial charge in [0.2, 0.25) is 4.34 Å². The highest BCUT2D eigenvalue weighted by Crippen LogP contribution is 2.24. The van der Waals surface area contributed by atoms with Crippen molar-refractivity contribution in [1.29, 1.82) is 0 Å². The van der Waals surface area contributed by atoms with E-state index in [2.05, 4.69) is 16.6 Å². The third-order valence-electron chi connectivity index (χ3n) is 2.58. The number of nitrogens with zero attached hydrogens (tertiary/aromatic N) is 1. The van der Waals surface area contributed by atoms with Gasteiger partial charge in [0.25, 0.3) is 10.0 Å². The summed E-state index contributed by atoms with van der Waals surface area (Å²) in [6.07, 6.45) is 2.96. The van der Waals surface area contributed by atoms with Crippen LogP contribution in [0.5, 0.6) is 0 Å². The molecule has 0 amide bonds. The fraction of sp³-hybridized carbons (Fsp3) is 0.417. The number of hydrogen-bond donors (Lipinski definition) is 1. The number of thiazole rings is 1. The summed E-state index contributed by atoms with van der Waals surface area (Å²) in [4.78, 5) is 4.15. The summed E-state index contributed by atoms with van der Waals surface area (Å²) in [6, 6.07) is 7.43. The molecule has 0 fully saturated rings. The van der Waals surface area contributed by atoms with Crippen LogP contribution in [0.15, 0.2) is 28.6 Å². The Labute approximate surface area is 111 Å². The van der Waals surface area contributed by atoms with E-state index >= 15 is 0 Å². The van der Waals surface area contributed by atoms with Crippen molar-refractivity contribution in [3.05, 3.63) is 24.3 Å². The summed E-state index contributed by atoms with van der Waals surface area (Å²) < 4.78 is 27.6. The number of fused-ring (bicyclic) bond motifs is 1. The van der Waals surface area contributed by atoms with Crippen molar-refractivity contribution in [2.24, 2.45) is 0 Å². The summed E-state index contributed by atoms with van der Waals surface area (Å²) in [6.45, 7) is 2.56. The van der Waals surface area contributed by atoms with Gasteiger partial charge in [-0.1, -0.05) is 31.9 Å². The smallest absolute Gasteiger partial charge is 0.224 e. The van der Waals surface area contributed by atoms with Crippen molar-refractivity contribution in [2.75, 3.05) is 6.54 Å². The van der Waals surface area contributed by atoms with E-state index in [1.165, 1.54) is 11.3 Å². The zero-order chi connectivity index (χ0) is 13.0. The molecule has 1 aromatic carbocycles. The molecule has 0 aliphatic heterocycles. The van der Waals surface area contributed by atoms with Crippen LogP contribution in [0.2, 0.25) is 0 Å². The summed E-state index contributed by atoms with van der Waals surface area (Å²) in [5.74, 6) is 0. The Morgan fingerprint density at radius 2 is 2.06 bits per heavy atom. The van der Waals surface area contributed by atoms with Gasteiger partial charge in [0.1, 0.15) is 0 Å². The lowest BCUT2D eigenvalue weighted by atomic mass is 10.3. The lowest BCUT2D eigenvalue weighted by Crippen LogP contribution is -2.24.